The van der Waals surface area contributed by atoms with Crippen LogP contribution < -0.4 is 10.2 Å². The zero-order chi connectivity index (χ0) is 12.3. The van der Waals surface area contributed by atoms with Crippen LogP contribution in [0.4, 0.5) is 5.69 Å². The smallest absolute Gasteiger partial charge is 0.0372 e. The van der Waals surface area contributed by atoms with Gasteiger partial charge in [-0.2, -0.15) is 0 Å². The first-order valence-corrected chi connectivity index (χ1v) is 6.85. The third kappa shape index (κ3) is 3.44. The highest BCUT2D eigenvalue weighted by molar-refractivity contribution is 9.10. The van der Waals surface area contributed by atoms with Crippen molar-refractivity contribution in [2.45, 2.75) is 6.54 Å². The van der Waals surface area contributed by atoms with Gasteiger partial charge in [-0.15, -0.1) is 0 Å². The predicted molar refractivity (Wildman–Crippen MR) is 76.6 cm³/mol. The molecule has 1 N–H and O–H groups in total. The maximum atomic E-state index is 3.67. The number of benzene rings is 1. The van der Waals surface area contributed by atoms with Crippen molar-refractivity contribution in [2.75, 3.05) is 45.2 Å². The van der Waals surface area contributed by atoms with E-state index in [1.807, 2.05) is 0 Å². The number of nitrogens with one attached hydrogen (secondary N) is 1. The Labute approximate surface area is 112 Å². The molecule has 4 heteroatoms. The number of nitrogens with zero attached hydrogens (tertiary/aromatic N) is 2. The summed E-state index contributed by atoms with van der Waals surface area (Å²) in [6.45, 7) is 5.53. The third-order valence-electron chi connectivity index (χ3n) is 3.16. The molecule has 0 spiro atoms. The Hall–Kier alpha value is -0.580. The predicted octanol–water partition coefficient (Wildman–Crippen LogP) is 1.92. The van der Waals surface area contributed by atoms with Crippen LogP contribution in [-0.2, 0) is 6.54 Å². The lowest BCUT2D eigenvalue weighted by molar-refractivity contribution is 0.233. The van der Waals surface area contributed by atoms with Crippen molar-refractivity contribution in [1.82, 2.24) is 10.2 Å². The van der Waals surface area contributed by atoms with Crippen molar-refractivity contribution in [3.8, 4) is 0 Å². The van der Waals surface area contributed by atoms with Gasteiger partial charge < -0.3 is 10.2 Å². The van der Waals surface area contributed by atoms with Gasteiger partial charge in [-0.3, -0.25) is 4.90 Å². The Balaban J connectivity index is 2.05. The second-order valence-corrected chi connectivity index (χ2v) is 5.55. The number of anilines is 1. The molecule has 2 rings (SSSR count). The highest BCUT2D eigenvalue weighted by Crippen LogP contribution is 2.24. The van der Waals surface area contributed by atoms with Gasteiger partial charge in [-0.1, -0.05) is 22.0 Å². The van der Waals surface area contributed by atoms with Gasteiger partial charge in [-0.25, -0.2) is 0 Å². The van der Waals surface area contributed by atoms with E-state index in [9.17, 15) is 0 Å². The summed E-state index contributed by atoms with van der Waals surface area (Å²) in [6, 6.07) is 6.60. The van der Waals surface area contributed by atoms with Crippen molar-refractivity contribution in [2.24, 2.45) is 0 Å². The highest BCUT2D eigenvalue weighted by atomic mass is 79.9. The van der Waals surface area contributed by atoms with E-state index < -0.39 is 0 Å². The molecule has 0 atom stereocenters. The van der Waals surface area contributed by atoms with Gasteiger partial charge in [0.1, 0.15) is 0 Å². The van der Waals surface area contributed by atoms with E-state index in [0.717, 1.165) is 32.7 Å². The minimum Gasteiger partial charge on any atom is -0.378 e. The van der Waals surface area contributed by atoms with Crippen LogP contribution in [0.3, 0.4) is 0 Å². The fraction of sp³-hybridized carbons (Fsp3) is 0.538. The summed E-state index contributed by atoms with van der Waals surface area (Å²) in [7, 11) is 4.13. The minimum absolute atomic E-state index is 1.04. The lowest BCUT2D eigenvalue weighted by Gasteiger charge is -2.27. The molecule has 1 aromatic rings. The molecule has 3 nitrogen and oxygen atoms in total. The van der Waals surface area contributed by atoms with Gasteiger partial charge in [0.05, 0.1) is 0 Å². The second kappa shape index (κ2) is 5.85. The van der Waals surface area contributed by atoms with Crippen LogP contribution in [0.15, 0.2) is 22.7 Å². The highest BCUT2D eigenvalue weighted by Gasteiger charge is 2.11. The van der Waals surface area contributed by atoms with Crippen molar-refractivity contribution in [3.05, 3.63) is 28.2 Å². The van der Waals surface area contributed by atoms with Gasteiger partial charge in [0.15, 0.2) is 0 Å². The van der Waals surface area contributed by atoms with Crippen molar-refractivity contribution >= 4 is 21.6 Å². The van der Waals surface area contributed by atoms with Crippen LogP contribution >= 0.6 is 15.9 Å². The van der Waals surface area contributed by atoms with E-state index in [2.05, 4.69) is 63.3 Å². The summed E-state index contributed by atoms with van der Waals surface area (Å²) in [5, 5.41) is 3.38. The fourth-order valence-electron chi connectivity index (χ4n) is 2.05. The Morgan fingerprint density at radius 1 is 1.29 bits per heavy atom. The lowest BCUT2D eigenvalue weighted by atomic mass is 10.1. The molecule has 1 aliphatic rings. The summed E-state index contributed by atoms with van der Waals surface area (Å²) >= 11 is 3.67. The van der Waals surface area contributed by atoms with E-state index in [1.54, 1.807) is 0 Å². The Morgan fingerprint density at radius 3 is 2.59 bits per heavy atom. The SMILES string of the molecule is CN(C)c1ccc(CN2CCNCC2)c(Br)c1. The normalized spacial score (nSPS) is 17.1. The average Bonchev–Trinajstić information content (AvgIpc) is 2.33. The van der Waals surface area contributed by atoms with Crippen molar-refractivity contribution in [1.29, 1.82) is 0 Å². The van der Waals surface area contributed by atoms with Crippen molar-refractivity contribution in [3.63, 3.8) is 0 Å². The Morgan fingerprint density at radius 2 is 2.00 bits per heavy atom. The number of hydrogen-bond acceptors (Lipinski definition) is 3. The Kier molecular flexibility index (Phi) is 4.42. The molecule has 94 valence electrons. The zero-order valence-electron chi connectivity index (χ0n) is 10.5. The van der Waals surface area contributed by atoms with Crippen LogP contribution in [0.2, 0.25) is 0 Å². The number of halogens is 1. The molecule has 1 aromatic carbocycles. The average molecular weight is 298 g/mol. The Bertz CT molecular complexity index is 373. The molecule has 0 aliphatic carbocycles. The topological polar surface area (TPSA) is 18.5 Å². The van der Waals surface area contributed by atoms with Crippen LogP contribution in [0, 0.1) is 0 Å². The van der Waals surface area contributed by atoms with Crippen molar-refractivity contribution < 1.29 is 0 Å². The molecule has 1 aliphatic heterocycles. The minimum atomic E-state index is 1.04. The molecule has 0 saturated carbocycles. The molecular formula is C13H20BrN3. The number of rotatable bonds is 3. The zero-order valence-corrected chi connectivity index (χ0v) is 12.1. The van der Waals surface area contributed by atoms with Gasteiger partial charge in [0.2, 0.25) is 0 Å². The molecule has 17 heavy (non-hydrogen) atoms. The maximum Gasteiger partial charge on any atom is 0.0372 e. The summed E-state index contributed by atoms with van der Waals surface area (Å²) in [4.78, 5) is 4.62. The number of piperazine rings is 1. The van der Waals surface area contributed by atoms with Crippen LogP contribution in [0.25, 0.3) is 0 Å². The summed E-state index contributed by atoms with van der Waals surface area (Å²) in [5.74, 6) is 0. The summed E-state index contributed by atoms with van der Waals surface area (Å²) < 4.78 is 1.21. The van der Waals surface area contributed by atoms with E-state index in [0.29, 0.717) is 0 Å². The molecule has 1 saturated heterocycles. The van der Waals surface area contributed by atoms with Gasteiger partial charge in [0, 0.05) is 57.0 Å². The standard InChI is InChI=1S/C13H20BrN3/c1-16(2)12-4-3-11(13(14)9-12)10-17-7-5-15-6-8-17/h3-4,9,15H,5-8,10H2,1-2H3. The van der Waals surface area contributed by atoms with E-state index in [1.165, 1.54) is 15.7 Å². The van der Waals surface area contributed by atoms with Crippen LogP contribution in [-0.4, -0.2) is 45.2 Å². The lowest BCUT2D eigenvalue weighted by Crippen LogP contribution is -2.42. The molecule has 0 bridgehead atoms. The molecule has 1 fully saturated rings. The molecule has 1 heterocycles. The number of hydrogen-bond donors (Lipinski definition) is 1. The van der Waals surface area contributed by atoms with Gasteiger partial charge in [0.25, 0.3) is 0 Å². The first-order chi connectivity index (χ1) is 8.16. The van der Waals surface area contributed by atoms with Gasteiger partial charge in [-0.05, 0) is 17.7 Å². The van der Waals surface area contributed by atoms with Crippen LogP contribution in [0.1, 0.15) is 5.56 Å². The first kappa shape index (κ1) is 12.9. The van der Waals surface area contributed by atoms with E-state index in [-0.39, 0.29) is 0 Å². The quantitative estimate of drug-likeness (QED) is 0.920. The summed E-state index contributed by atoms with van der Waals surface area (Å²) in [6.07, 6.45) is 0. The molecular weight excluding hydrogens is 278 g/mol. The first-order valence-electron chi connectivity index (χ1n) is 6.05. The fourth-order valence-corrected chi connectivity index (χ4v) is 2.54. The monoisotopic (exact) mass is 297 g/mol. The molecule has 0 radical (unpaired) electrons. The molecule has 0 amide bonds. The van der Waals surface area contributed by atoms with Crippen LogP contribution in [0.5, 0.6) is 0 Å². The largest absolute Gasteiger partial charge is 0.378 e. The maximum absolute atomic E-state index is 3.67. The third-order valence-corrected chi connectivity index (χ3v) is 3.89. The van der Waals surface area contributed by atoms with Gasteiger partial charge >= 0.3 is 0 Å². The molecule has 0 unspecified atom stereocenters. The summed E-state index contributed by atoms with van der Waals surface area (Å²) in [5.41, 5.74) is 2.61. The molecule has 0 aromatic heterocycles. The second-order valence-electron chi connectivity index (χ2n) is 4.70. The van der Waals surface area contributed by atoms with E-state index >= 15 is 0 Å². The van der Waals surface area contributed by atoms with E-state index in [4.69, 9.17) is 0 Å².